The Morgan fingerprint density at radius 3 is 2.45 bits per heavy atom. The van der Waals surface area contributed by atoms with Crippen molar-refractivity contribution in [3.63, 3.8) is 0 Å². The van der Waals surface area contributed by atoms with Crippen LogP contribution in [0.15, 0.2) is 58.6 Å². The number of aromatic nitrogens is 3. The Labute approximate surface area is 183 Å². The number of benzene rings is 2. The number of para-hydroxylation sites is 2. The average molecular weight is 464 g/mol. The number of anilines is 1. The van der Waals surface area contributed by atoms with Crippen LogP contribution in [0.5, 0.6) is 11.5 Å². The summed E-state index contributed by atoms with van der Waals surface area (Å²) in [6.07, 6.45) is 0. The largest absolute Gasteiger partial charge is 0.493 e. The van der Waals surface area contributed by atoms with E-state index in [4.69, 9.17) is 14.6 Å². The molecule has 2 aromatic carbocycles. The van der Waals surface area contributed by atoms with Crippen molar-refractivity contribution < 1.29 is 22.7 Å². The number of primary sulfonamides is 1. The first-order valence-corrected chi connectivity index (χ1v) is 11.5. The van der Waals surface area contributed by atoms with Gasteiger partial charge in [-0.1, -0.05) is 23.9 Å². The molecule has 1 amide bonds. The monoisotopic (exact) mass is 463 g/mol. The van der Waals surface area contributed by atoms with Gasteiger partial charge in [0.15, 0.2) is 22.5 Å². The summed E-state index contributed by atoms with van der Waals surface area (Å²) in [6, 6.07) is 12.9. The van der Waals surface area contributed by atoms with Gasteiger partial charge in [-0.15, -0.1) is 10.2 Å². The van der Waals surface area contributed by atoms with Crippen LogP contribution in [0, 0.1) is 0 Å². The Hall–Kier alpha value is -3.09. The molecule has 3 N–H and O–H groups in total. The van der Waals surface area contributed by atoms with E-state index >= 15 is 0 Å². The lowest BCUT2D eigenvalue weighted by molar-refractivity contribution is -0.113. The van der Waals surface area contributed by atoms with Crippen LogP contribution in [0.3, 0.4) is 0 Å². The molecule has 0 spiro atoms. The smallest absolute Gasteiger partial charge is 0.238 e. The fourth-order valence-corrected chi connectivity index (χ4v) is 3.78. The van der Waals surface area contributed by atoms with Crippen LogP contribution in [-0.4, -0.2) is 42.0 Å². The number of nitrogens with two attached hydrogens (primary N) is 1. The molecule has 0 radical (unpaired) electrons. The van der Waals surface area contributed by atoms with Crippen molar-refractivity contribution in [3.8, 4) is 11.5 Å². The quantitative estimate of drug-likeness (QED) is 0.458. The maximum Gasteiger partial charge on any atom is 0.238 e. The lowest BCUT2D eigenvalue weighted by atomic mass is 10.3. The van der Waals surface area contributed by atoms with Gasteiger partial charge in [-0.2, -0.15) is 0 Å². The average Bonchev–Trinajstić information content (AvgIpc) is 3.10. The number of thioether (sulfide) groups is 1. The molecule has 1 heterocycles. The summed E-state index contributed by atoms with van der Waals surface area (Å²) in [6.45, 7) is 0.188. The summed E-state index contributed by atoms with van der Waals surface area (Å²) in [5, 5.41) is 16.5. The summed E-state index contributed by atoms with van der Waals surface area (Å²) >= 11 is 1.21. The number of nitrogens with zero attached hydrogens (tertiary/aromatic N) is 3. The van der Waals surface area contributed by atoms with Crippen LogP contribution in [0.1, 0.15) is 5.82 Å². The third-order valence-electron chi connectivity index (χ3n) is 4.15. The number of ether oxygens (including phenoxy) is 2. The lowest BCUT2D eigenvalue weighted by Crippen LogP contribution is -2.15. The van der Waals surface area contributed by atoms with E-state index in [-0.39, 0.29) is 23.2 Å². The van der Waals surface area contributed by atoms with Crippen molar-refractivity contribution >= 4 is 33.4 Å². The van der Waals surface area contributed by atoms with Gasteiger partial charge in [-0.05, 0) is 36.4 Å². The van der Waals surface area contributed by atoms with Gasteiger partial charge in [0, 0.05) is 12.7 Å². The molecular formula is C19H21N5O5S2. The summed E-state index contributed by atoms with van der Waals surface area (Å²) in [5.41, 5.74) is 0.460. The normalized spacial score (nSPS) is 11.2. The highest BCUT2D eigenvalue weighted by atomic mass is 32.2. The molecule has 0 aliphatic rings. The Kier molecular flexibility index (Phi) is 7.15. The highest BCUT2D eigenvalue weighted by Crippen LogP contribution is 2.26. The predicted molar refractivity (Wildman–Crippen MR) is 115 cm³/mol. The second kappa shape index (κ2) is 9.81. The first-order valence-electron chi connectivity index (χ1n) is 8.97. The van der Waals surface area contributed by atoms with Crippen molar-refractivity contribution in [1.29, 1.82) is 0 Å². The van der Waals surface area contributed by atoms with E-state index in [1.807, 2.05) is 12.1 Å². The van der Waals surface area contributed by atoms with Crippen molar-refractivity contribution in [2.45, 2.75) is 16.7 Å². The fourth-order valence-electron chi connectivity index (χ4n) is 2.53. The van der Waals surface area contributed by atoms with Gasteiger partial charge in [0.05, 0.1) is 17.8 Å². The number of carbonyl (C=O) groups is 1. The van der Waals surface area contributed by atoms with Gasteiger partial charge in [0.25, 0.3) is 0 Å². The Bertz CT molecular complexity index is 1160. The van der Waals surface area contributed by atoms with Gasteiger partial charge in [0.1, 0.15) is 6.61 Å². The van der Waals surface area contributed by atoms with Crippen molar-refractivity contribution in [2.24, 2.45) is 12.2 Å². The molecule has 3 aromatic rings. The Morgan fingerprint density at radius 2 is 1.81 bits per heavy atom. The van der Waals surface area contributed by atoms with E-state index in [1.54, 1.807) is 30.9 Å². The molecule has 31 heavy (non-hydrogen) atoms. The van der Waals surface area contributed by atoms with Crippen molar-refractivity contribution in [1.82, 2.24) is 14.8 Å². The molecule has 0 saturated heterocycles. The van der Waals surface area contributed by atoms with Gasteiger partial charge in [0.2, 0.25) is 15.9 Å². The Balaban J connectivity index is 1.54. The summed E-state index contributed by atoms with van der Waals surface area (Å²) in [7, 11) is -0.422. The molecule has 1 aromatic heterocycles. The third-order valence-corrected chi connectivity index (χ3v) is 6.10. The van der Waals surface area contributed by atoms with Crippen LogP contribution in [0.4, 0.5) is 5.69 Å². The van der Waals surface area contributed by atoms with E-state index < -0.39 is 10.0 Å². The number of amides is 1. The van der Waals surface area contributed by atoms with E-state index in [2.05, 4.69) is 15.5 Å². The van der Waals surface area contributed by atoms with Gasteiger partial charge in [-0.3, -0.25) is 4.79 Å². The van der Waals surface area contributed by atoms with Crippen LogP contribution in [-0.2, 0) is 28.5 Å². The van der Waals surface area contributed by atoms with Crippen LogP contribution < -0.4 is 19.9 Å². The molecule has 0 aliphatic carbocycles. The number of hydrogen-bond acceptors (Lipinski definition) is 8. The number of rotatable bonds is 9. The second-order valence-corrected chi connectivity index (χ2v) is 8.81. The topological polar surface area (TPSA) is 138 Å². The number of nitrogens with one attached hydrogen (secondary N) is 1. The molecular weight excluding hydrogens is 442 g/mol. The molecule has 0 atom stereocenters. The minimum atomic E-state index is -3.78. The van der Waals surface area contributed by atoms with E-state index in [1.165, 1.54) is 36.0 Å². The standard InChI is InChI=1S/C19H21N5O5S2/c1-24-17(11-29-16-6-4-3-5-15(16)28-2)22-23-19(24)30-12-18(25)21-13-7-9-14(10-8-13)31(20,26)27/h3-10H,11-12H2,1-2H3,(H,21,25)(H2,20,26,27). The van der Waals surface area contributed by atoms with Crippen LogP contribution >= 0.6 is 11.8 Å². The van der Waals surface area contributed by atoms with Gasteiger partial charge in [-0.25, -0.2) is 13.6 Å². The maximum absolute atomic E-state index is 12.2. The molecule has 0 fully saturated rings. The van der Waals surface area contributed by atoms with Crippen molar-refractivity contribution in [3.05, 3.63) is 54.4 Å². The molecule has 12 heteroatoms. The number of sulfonamides is 1. The summed E-state index contributed by atoms with van der Waals surface area (Å²) < 4.78 is 35.3. The zero-order valence-electron chi connectivity index (χ0n) is 16.8. The maximum atomic E-state index is 12.2. The van der Waals surface area contributed by atoms with Gasteiger partial charge >= 0.3 is 0 Å². The number of hydrogen-bond donors (Lipinski definition) is 2. The first kappa shape index (κ1) is 22.6. The lowest BCUT2D eigenvalue weighted by Gasteiger charge is -2.10. The fraction of sp³-hybridized carbons (Fsp3) is 0.211. The minimum absolute atomic E-state index is 0.0261. The molecule has 0 bridgehead atoms. The third kappa shape index (κ3) is 5.96. The molecule has 0 aliphatic heterocycles. The molecule has 0 unspecified atom stereocenters. The van der Waals surface area contributed by atoms with E-state index in [0.29, 0.717) is 28.2 Å². The van der Waals surface area contributed by atoms with Crippen molar-refractivity contribution in [2.75, 3.05) is 18.2 Å². The Morgan fingerprint density at radius 1 is 1.13 bits per heavy atom. The number of carbonyl (C=O) groups excluding carboxylic acids is 1. The van der Waals surface area contributed by atoms with Crippen LogP contribution in [0.2, 0.25) is 0 Å². The molecule has 164 valence electrons. The summed E-state index contributed by atoms with van der Waals surface area (Å²) in [5.74, 6) is 1.62. The van der Waals surface area contributed by atoms with Crippen LogP contribution in [0.25, 0.3) is 0 Å². The number of methoxy groups -OCH3 is 1. The predicted octanol–water partition coefficient (Wildman–Crippen LogP) is 1.78. The highest BCUT2D eigenvalue weighted by Gasteiger charge is 2.14. The van der Waals surface area contributed by atoms with E-state index in [9.17, 15) is 13.2 Å². The SMILES string of the molecule is COc1ccccc1OCc1nnc(SCC(=O)Nc2ccc(S(N)(=O)=O)cc2)n1C. The molecule has 10 nitrogen and oxygen atoms in total. The van der Waals surface area contributed by atoms with E-state index in [0.717, 1.165) is 0 Å². The highest BCUT2D eigenvalue weighted by molar-refractivity contribution is 7.99. The zero-order chi connectivity index (χ0) is 22.4. The zero-order valence-corrected chi connectivity index (χ0v) is 18.4. The first-order chi connectivity index (χ1) is 14.8. The second-order valence-electron chi connectivity index (χ2n) is 6.30. The van der Waals surface area contributed by atoms with Gasteiger partial charge < -0.3 is 19.4 Å². The molecule has 0 saturated carbocycles. The molecule has 3 rings (SSSR count). The summed E-state index contributed by atoms with van der Waals surface area (Å²) in [4.78, 5) is 12.2. The minimum Gasteiger partial charge on any atom is -0.493 e.